The molecule has 4 atom stereocenters. The van der Waals surface area contributed by atoms with Gasteiger partial charge in [-0.1, -0.05) is 16.6 Å². The number of benzene rings is 1. The zero-order chi connectivity index (χ0) is 19.7. The van der Waals surface area contributed by atoms with Crippen molar-refractivity contribution < 1.29 is 13.9 Å². The van der Waals surface area contributed by atoms with E-state index in [-0.39, 0.29) is 35.8 Å². The molecule has 0 aliphatic carbocycles. The van der Waals surface area contributed by atoms with Gasteiger partial charge in [0.05, 0.1) is 24.4 Å². The zero-order valence-electron chi connectivity index (χ0n) is 16.1. The molecule has 0 radical (unpaired) electrons. The van der Waals surface area contributed by atoms with Crippen LogP contribution < -0.4 is 0 Å². The van der Waals surface area contributed by atoms with Gasteiger partial charge in [-0.3, -0.25) is 9.69 Å². The van der Waals surface area contributed by atoms with Crippen LogP contribution in [-0.4, -0.2) is 70.2 Å². The van der Waals surface area contributed by atoms with Crippen molar-refractivity contribution in [2.24, 2.45) is 0 Å². The number of likely N-dealkylation sites (tertiary alicyclic amines) is 1. The van der Waals surface area contributed by atoms with Crippen LogP contribution >= 0.6 is 11.5 Å². The quantitative estimate of drug-likeness (QED) is 0.784. The van der Waals surface area contributed by atoms with Gasteiger partial charge in [0, 0.05) is 43.4 Å². The first-order valence-electron chi connectivity index (χ1n) is 9.67. The molecule has 0 N–H and O–H groups in total. The lowest BCUT2D eigenvalue weighted by molar-refractivity contribution is -0.144. The van der Waals surface area contributed by atoms with Crippen LogP contribution in [0.1, 0.15) is 36.9 Å². The highest BCUT2D eigenvalue weighted by atomic mass is 32.1. The van der Waals surface area contributed by atoms with Gasteiger partial charge in [-0.2, -0.15) is 0 Å². The van der Waals surface area contributed by atoms with E-state index in [0.717, 1.165) is 24.3 Å². The first-order valence-corrected chi connectivity index (χ1v) is 10.5. The maximum atomic E-state index is 13.4. The summed E-state index contributed by atoms with van der Waals surface area (Å²) in [6.07, 6.45) is 0.124. The third-order valence-corrected chi connectivity index (χ3v) is 6.10. The van der Waals surface area contributed by atoms with Gasteiger partial charge in [-0.05, 0) is 43.1 Å². The second-order valence-corrected chi connectivity index (χ2v) is 8.45. The standard InChI is InChI=1S/C20H25FN4O2S/c1-13-7-25(8-14(2)27-13)20(26)11-24-9-17(15-3-5-16(21)6-4-15)18(10-24)19-12-28-23-22-19/h3-6,12-14,17-18H,7-11H2,1-2H3/t13-,14-,17-,18+/m1/s1. The molecule has 2 aromatic rings. The highest BCUT2D eigenvalue weighted by molar-refractivity contribution is 7.03. The second-order valence-electron chi connectivity index (χ2n) is 7.84. The van der Waals surface area contributed by atoms with E-state index in [2.05, 4.69) is 14.5 Å². The smallest absolute Gasteiger partial charge is 0.236 e. The number of hydrogen-bond donors (Lipinski definition) is 0. The molecule has 0 bridgehead atoms. The fraction of sp³-hybridized carbons (Fsp3) is 0.550. The fourth-order valence-electron chi connectivity index (χ4n) is 4.37. The van der Waals surface area contributed by atoms with Crippen LogP contribution in [0.4, 0.5) is 4.39 Å². The molecule has 1 aromatic heterocycles. The van der Waals surface area contributed by atoms with Crippen LogP contribution in [-0.2, 0) is 9.53 Å². The summed E-state index contributed by atoms with van der Waals surface area (Å²) in [5.41, 5.74) is 2.02. The Kier molecular flexibility index (Phi) is 5.70. The van der Waals surface area contributed by atoms with E-state index in [1.807, 2.05) is 36.3 Å². The largest absolute Gasteiger partial charge is 0.372 e. The summed E-state index contributed by atoms with van der Waals surface area (Å²) in [4.78, 5) is 17.0. The summed E-state index contributed by atoms with van der Waals surface area (Å²) in [7, 11) is 0. The zero-order valence-corrected chi connectivity index (χ0v) is 16.9. The lowest BCUT2D eigenvalue weighted by Crippen LogP contribution is -2.50. The highest BCUT2D eigenvalue weighted by Gasteiger charge is 2.38. The maximum Gasteiger partial charge on any atom is 0.236 e. The van der Waals surface area contributed by atoms with E-state index in [9.17, 15) is 9.18 Å². The number of amides is 1. The van der Waals surface area contributed by atoms with Crippen LogP contribution in [0.3, 0.4) is 0 Å². The Bertz CT molecular complexity index is 791. The van der Waals surface area contributed by atoms with Crippen LogP contribution in [0.15, 0.2) is 29.6 Å². The van der Waals surface area contributed by atoms with Crippen molar-refractivity contribution >= 4 is 17.4 Å². The minimum Gasteiger partial charge on any atom is -0.372 e. The second kappa shape index (κ2) is 8.23. The van der Waals surface area contributed by atoms with Crippen molar-refractivity contribution in [1.82, 2.24) is 19.4 Å². The van der Waals surface area contributed by atoms with E-state index >= 15 is 0 Å². The summed E-state index contributed by atoms with van der Waals surface area (Å²) in [5, 5.41) is 6.24. The average Bonchev–Trinajstić information content (AvgIpc) is 3.31. The van der Waals surface area contributed by atoms with Crippen molar-refractivity contribution in [2.75, 3.05) is 32.7 Å². The SMILES string of the molecule is C[C@@H]1CN(C(=O)CN2C[C@H](c3ccc(F)cc3)[C@@H](c3csnn3)C2)C[C@@H](C)O1. The Morgan fingerprint density at radius 1 is 1.14 bits per heavy atom. The van der Waals surface area contributed by atoms with Gasteiger partial charge in [0.25, 0.3) is 0 Å². The van der Waals surface area contributed by atoms with Crippen LogP contribution in [0.25, 0.3) is 0 Å². The molecule has 0 spiro atoms. The Morgan fingerprint density at radius 3 is 2.46 bits per heavy atom. The van der Waals surface area contributed by atoms with E-state index in [4.69, 9.17) is 4.74 Å². The van der Waals surface area contributed by atoms with Crippen LogP contribution in [0, 0.1) is 5.82 Å². The Morgan fingerprint density at radius 2 is 1.82 bits per heavy atom. The number of morpholine rings is 1. The predicted octanol–water partition coefficient (Wildman–Crippen LogP) is 2.50. The van der Waals surface area contributed by atoms with Gasteiger partial charge >= 0.3 is 0 Å². The topological polar surface area (TPSA) is 58.6 Å². The third-order valence-electron chi connectivity index (χ3n) is 5.58. The summed E-state index contributed by atoms with van der Waals surface area (Å²) in [6.45, 7) is 7.15. The third kappa shape index (κ3) is 4.24. The molecule has 0 unspecified atom stereocenters. The lowest BCUT2D eigenvalue weighted by atomic mass is 9.87. The molecule has 4 rings (SSSR count). The average molecular weight is 405 g/mol. The Hall–Kier alpha value is -1.90. The molecule has 28 heavy (non-hydrogen) atoms. The van der Waals surface area contributed by atoms with Crippen molar-refractivity contribution in [2.45, 2.75) is 37.9 Å². The van der Waals surface area contributed by atoms with Crippen molar-refractivity contribution in [3.8, 4) is 0 Å². The molecule has 3 heterocycles. The molecule has 2 aliphatic rings. The number of rotatable bonds is 4. The molecular weight excluding hydrogens is 379 g/mol. The molecule has 1 aromatic carbocycles. The number of carbonyl (C=O) groups excluding carboxylic acids is 1. The van der Waals surface area contributed by atoms with E-state index in [1.165, 1.54) is 23.7 Å². The monoisotopic (exact) mass is 404 g/mol. The molecule has 6 nitrogen and oxygen atoms in total. The Balaban J connectivity index is 1.48. The van der Waals surface area contributed by atoms with Gasteiger partial charge < -0.3 is 9.64 Å². The number of aromatic nitrogens is 2. The van der Waals surface area contributed by atoms with Crippen LogP contribution in [0.2, 0.25) is 0 Å². The van der Waals surface area contributed by atoms with E-state index in [1.54, 1.807) is 0 Å². The Labute approximate surface area is 168 Å². The minimum absolute atomic E-state index is 0.0621. The number of ether oxygens (including phenoxy) is 1. The van der Waals surface area contributed by atoms with E-state index < -0.39 is 0 Å². The summed E-state index contributed by atoms with van der Waals surface area (Å²) >= 11 is 1.34. The van der Waals surface area contributed by atoms with Crippen molar-refractivity contribution in [3.63, 3.8) is 0 Å². The van der Waals surface area contributed by atoms with Gasteiger partial charge in [-0.15, -0.1) is 5.10 Å². The van der Waals surface area contributed by atoms with Gasteiger partial charge in [0.15, 0.2) is 0 Å². The summed E-state index contributed by atoms with van der Waals surface area (Å²) in [6, 6.07) is 6.67. The van der Waals surface area contributed by atoms with Gasteiger partial charge in [0.1, 0.15) is 5.82 Å². The molecule has 150 valence electrons. The molecular formula is C20H25FN4O2S. The predicted molar refractivity (Wildman–Crippen MR) is 105 cm³/mol. The molecule has 8 heteroatoms. The molecule has 1 amide bonds. The fourth-order valence-corrected chi connectivity index (χ4v) is 4.89. The van der Waals surface area contributed by atoms with E-state index in [0.29, 0.717) is 19.6 Å². The van der Waals surface area contributed by atoms with Gasteiger partial charge in [-0.25, -0.2) is 4.39 Å². The highest BCUT2D eigenvalue weighted by Crippen LogP contribution is 2.39. The summed E-state index contributed by atoms with van der Waals surface area (Å²) < 4.78 is 23.1. The summed E-state index contributed by atoms with van der Waals surface area (Å²) in [5.74, 6) is 0.215. The van der Waals surface area contributed by atoms with Crippen molar-refractivity contribution in [3.05, 3.63) is 46.7 Å². The van der Waals surface area contributed by atoms with Gasteiger partial charge in [0.2, 0.25) is 5.91 Å². The lowest BCUT2D eigenvalue weighted by Gasteiger charge is -2.36. The first kappa shape index (κ1) is 19.4. The molecule has 2 aliphatic heterocycles. The van der Waals surface area contributed by atoms with Crippen LogP contribution in [0.5, 0.6) is 0 Å². The van der Waals surface area contributed by atoms with Crippen molar-refractivity contribution in [1.29, 1.82) is 0 Å². The number of carbonyl (C=O) groups is 1. The first-order chi connectivity index (χ1) is 13.5. The molecule has 2 saturated heterocycles. The minimum atomic E-state index is -0.240. The molecule has 0 saturated carbocycles. The maximum absolute atomic E-state index is 13.4. The normalized spacial score (nSPS) is 28.6. The number of halogens is 1. The number of hydrogen-bond acceptors (Lipinski definition) is 6. The molecule has 2 fully saturated rings. The number of nitrogens with zero attached hydrogens (tertiary/aromatic N) is 4.